The lowest BCUT2D eigenvalue weighted by atomic mass is 10.7. The van der Waals surface area contributed by atoms with Crippen LogP contribution in [0.2, 0.25) is 0 Å². The molecule has 0 unspecified atom stereocenters. The molecule has 0 amide bonds. The lowest BCUT2D eigenvalue weighted by molar-refractivity contribution is 0.785. The molecule has 0 saturated heterocycles. The third kappa shape index (κ3) is 2.24. The normalized spacial score (nSPS) is 10.4. The predicted molar refractivity (Wildman–Crippen MR) is 62.1 cm³/mol. The van der Waals surface area contributed by atoms with Crippen LogP contribution in [0.15, 0.2) is 35.1 Å². The van der Waals surface area contributed by atoms with Crippen molar-refractivity contribution >= 4 is 34.4 Å². The van der Waals surface area contributed by atoms with E-state index in [2.05, 4.69) is 37.5 Å². The van der Waals surface area contributed by atoms with Gasteiger partial charge in [-0.25, -0.2) is 15.0 Å². The van der Waals surface area contributed by atoms with Crippen molar-refractivity contribution < 1.29 is 0 Å². The molecule has 0 aliphatic carbocycles. The first-order valence-corrected chi connectivity index (χ1v) is 5.78. The van der Waals surface area contributed by atoms with E-state index in [4.69, 9.17) is 0 Å². The second-order valence-corrected chi connectivity index (χ2v) is 4.79. The van der Waals surface area contributed by atoms with Gasteiger partial charge in [0.15, 0.2) is 10.3 Å². The smallest absolute Gasteiger partial charge is 0.195 e. The van der Waals surface area contributed by atoms with Crippen molar-refractivity contribution in [2.45, 2.75) is 10.3 Å². The van der Waals surface area contributed by atoms with Crippen LogP contribution in [-0.2, 0) is 7.05 Å². The van der Waals surface area contributed by atoms with Crippen molar-refractivity contribution in [2.24, 2.45) is 7.05 Å². The van der Waals surface area contributed by atoms with Crippen molar-refractivity contribution in [3.63, 3.8) is 0 Å². The zero-order chi connectivity index (χ0) is 9.97. The number of aromatic nitrogens is 4. The lowest BCUT2D eigenvalue weighted by Gasteiger charge is -1.99. The maximum Gasteiger partial charge on any atom is 0.195 e. The molecule has 14 heavy (non-hydrogen) atoms. The van der Waals surface area contributed by atoms with Crippen LogP contribution in [0.25, 0.3) is 0 Å². The van der Waals surface area contributed by atoms with E-state index in [9.17, 15) is 0 Å². The lowest BCUT2D eigenvalue weighted by Crippen LogP contribution is -1.91. The molecule has 72 valence electrons. The van der Waals surface area contributed by atoms with E-state index in [1.54, 1.807) is 18.6 Å². The van der Waals surface area contributed by atoms with Crippen LogP contribution in [0, 0.1) is 3.57 Å². The summed E-state index contributed by atoms with van der Waals surface area (Å²) in [7, 11) is 1.95. The van der Waals surface area contributed by atoms with Gasteiger partial charge < -0.3 is 4.57 Å². The van der Waals surface area contributed by atoms with Crippen LogP contribution in [0.5, 0.6) is 0 Å². The molecular weight excluding hydrogens is 311 g/mol. The molecule has 2 rings (SSSR count). The van der Waals surface area contributed by atoms with Crippen LogP contribution >= 0.6 is 34.4 Å². The topological polar surface area (TPSA) is 43.6 Å². The quantitative estimate of drug-likeness (QED) is 0.627. The van der Waals surface area contributed by atoms with Gasteiger partial charge in [0.1, 0.15) is 0 Å². The molecule has 4 nitrogen and oxygen atoms in total. The SMILES string of the molecule is Cn1ccnc1Sc1ncc(I)cn1. The molecular formula is C8H7IN4S. The Kier molecular flexibility index (Phi) is 3.02. The van der Waals surface area contributed by atoms with E-state index in [1.807, 2.05) is 17.8 Å². The monoisotopic (exact) mass is 318 g/mol. The Balaban J connectivity index is 2.19. The third-order valence-corrected chi connectivity index (χ3v) is 3.08. The van der Waals surface area contributed by atoms with E-state index in [0.717, 1.165) is 13.9 Å². The number of halogens is 1. The Hall–Kier alpha value is -0.630. The second kappa shape index (κ2) is 4.26. The maximum absolute atomic E-state index is 4.19. The number of imidazole rings is 1. The highest BCUT2D eigenvalue weighted by atomic mass is 127. The molecule has 6 heteroatoms. The summed E-state index contributed by atoms with van der Waals surface area (Å²) >= 11 is 3.63. The molecule has 0 radical (unpaired) electrons. The molecule has 0 saturated carbocycles. The van der Waals surface area contributed by atoms with Gasteiger partial charge >= 0.3 is 0 Å². The molecule has 0 aromatic carbocycles. The Morgan fingerprint density at radius 3 is 2.57 bits per heavy atom. The molecule has 2 aromatic rings. The number of aryl methyl sites for hydroxylation is 1. The molecule has 0 aliphatic heterocycles. The van der Waals surface area contributed by atoms with Crippen molar-refractivity contribution in [1.82, 2.24) is 19.5 Å². The third-order valence-electron chi connectivity index (χ3n) is 1.56. The van der Waals surface area contributed by atoms with Gasteiger partial charge in [0.05, 0.1) is 0 Å². The van der Waals surface area contributed by atoms with Crippen molar-refractivity contribution in [3.8, 4) is 0 Å². The Morgan fingerprint density at radius 2 is 2.00 bits per heavy atom. The van der Waals surface area contributed by atoms with Crippen LogP contribution in [-0.4, -0.2) is 19.5 Å². The van der Waals surface area contributed by atoms with Crippen LogP contribution in [0.3, 0.4) is 0 Å². The van der Waals surface area contributed by atoms with E-state index < -0.39 is 0 Å². The fraction of sp³-hybridized carbons (Fsp3) is 0.125. The van der Waals surface area contributed by atoms with Gasteiger partial charge in [0.2, 0.25) is 0 Å². The summed E-state index contributed by atoms with van der Waals surface area (Å²) in [6.07, 6.45) is 7.24. The summed E-state index contributed by atoms with van der Waals surface area (Å²) in [4.78, 5) is 12.5. The fourth-order valence-corrected chi connectivity index (χ4v) is 1.86. The maximum atomic E-state index is 4.19. The van der Waals surface area contributed by atoms with Crippen molar-refractivity contribution in [3.05, 3.63) is 28.4 Å². The minimum Gasteiger partial charge on any atom is -0.329 e. The van der Waals surface area contributed by atoms with Crippen LogP contribution in [0.4, 0.5) is 0 Å². The largest absolute Gasteiger partial charge is 0.329 e. The Labute approximate surface area is 99.3 Å². The van der Waals surface area contributed by atoms with Gasteiger partial charge in [-0.1, -0.05) is 0 Å². The summed E-state index contributed by atoms with van der Waals surface area (Å²) in [6.45, 7) is 0. The summed E-state index contributed by atoms with van der Waals surface area (Å²) in [5.74, 6) is 0. The molecule has 2 aromatic heterocycles. The first kappa shape index (κ1) is 9.91. The molecule has 0 aliphatic rings. The first-order valence-electron chi connectivity index (χ1n) is 3.88. The van der Waals surface area contributed by atoms with E-state index in [-0.39, 0.29) is 0 Å². The van der Waals surface area contributed by atoms with Crippen molar-refractivity contribution in [1.29, 1.82) is 0 Å². The summed E-state index contributed by atoms with van der Waals surface area (Å²) < 4.78 is 2.97. The zero-order valence-electron chi connectivity index (χ0n) is 7.38. The Bertz CT molecular complexity index is 425. The van der Waals surface area contributed by atoms with Gasteiger partial charge in [0.25, 0.3) is 0 Å². The van der Waals surface area contributed by atoms with Gasteiger partial charge in [-0.3, -0.25) is 0 Å². The number of hydrogen-bond acceptors (Lipinski definition) is 4. The highest BCUT2D eigenvalue weighted by Crippen LogP contribution is 2.21. The molecule has 0 fully saturated rings. The predicted octanol–water partition coefficient (Wildman–Crippen LogP) is 1.97. The minimum absolute atomic E-state index is 0.722. The molecule has 0 spiro atoms. The summed E-state index contributed by atoms with van der Waals surface area (Å²) in [6, 6.07) is 0. The van der Waals surface area contributed by atoms with E-state index in [1.165, 1.54) is 11.8 Å². The number of hydrogen-bond donors (Lipinski definition) is 0. The van der Waals surface area contributed by atoms with Crippen LogP contribution < -0.4 is 0 Å². The van der Waals surface area contributed by atoms with Gasteiger partial charge in [-0.2, -0.15) is 0 Å². The second-order valence-electron chi connectivity index (χ2n) is 2.61. The molecule has 0 atom stereocenters. The van der Waals surface area contributed by atoms with E-state index in [0.29, 0.717) is 0 Å². The molecule has 0 N–H and O–H groups in total. The minimum atomic E-state index is 0.722. The molecule has 0 bridgehead atoms. The molecule has 2 heterocycles. The van der Waals surface area contributed by atoms with Gasteiger partial charge in [-0.05, 0) is 34.4 Å². The van der Waals surface area contributed by atoms with Crippen LogP contribution in [0.1, 0.15) is 0 Å². The average molecular weight is 318 g/mol. The standard InChI is InChI=1S/C8H7IN4S/c1-13-3-2-10-8(13)14-7-11-4-6(9)5-12-7/h2-5H,1H3. The zero-order valence-corrected chi connectivity index (χ0v) is 10.4. The van der Waals surface area contributed by atoms with E-state index >= 15 is 0 Å². The van der Waals surface area contributed by atoms with Gasteiger partial charge in [0, 0.05) is 35.4 Å². The summed E-state index contributed by atoms with van der Waals surface area (Å²) in [5, 5.41) is 1.62. The number of nitrogens with zero attached hydrogens (tertiary/aromatic N) is 4. The van der Waals surface area contributed by atoms with Crippen molar-refractivity contribution in [2.75, 3.05) is 0 Å². The highest BCUT2D eigenvalue weighted by Gasteiger charge is 2.03. The highest BCUT2D eigenvalue weighted by molar-refractivity contribution is 14.1. The first-order chi connectivity index (χ1) is 6.75. The average Bonchev–Trinajstić information content (AvgIpc) is 2.56. The van der Waals surface area contributed by atoms with Gasteiger partial charge in [-0.15, -0.1) is 0 Å². The summed E-state index contributed by atoms with van der Waals surface area (Å²) in [5.41, 5.74) is 0. The number of rotatable bonds is 2. The Morgan fingerprint density at radius 1 is 1.29 bits per heavy atom. The fourth-order valence-electron chi connectivity index (χ4n) is 0.885.